The number of sulfonamides is 1. The molecule has 0 radical (unpaired) electrons. The van der Waals surface area contributed by atoms with E-state index in [2.05, 4.69) is 10.0 Å². The Labute approximate surface area is 171 Å². The normalized spacial score (nSPS) is 11.1. The van der Waals surface area contributed by atoms with E-state index in [9.17, 15) is 13.2 Å². The number of benzene rings is 3. The van der Waals surface area contributed by atoms with Gasteiger partial charge in [0.2, 0.25) is 5.91 Å². The molecule has 0 aromatic heterocycles. The lowest BCUT2D eigenvalue weighted by Crippen LogP contribution is -2.16. The van der Waals surface area contributed by atoms with Gasteiger partial charge in [-0.3, -0.25) is 9.52 Å². The van der Waals surface area contributed by atoms with Crippen LogP contribution in [0.3, 0.4) is 0 Å². The average molecular weight is 409 g/mol. The molecule has 0 aliphatic carbocycles. The number of nitrogens with one attached hydrogen (secondary N) is 2. The van der Waals surface area contributed by atoms with Crippen molar-refractivity contribution in [3.63, 3.8) is 0 Å². The summed E-state index contributed by atoms with van der Waals surface area (Å²) < 4.78 is 27.6. The van der Waals surface area contributed by atoms with Crippen molar-refractivity contribution in [2.45, 2.75) is 32.1 Å². The molecule has 0 atom stereocenters. The quantitative estimate of drug-likeness (QED) is 0.626. The van der Waals surface area contributed by atoms with Crippen LogP contribution in [-0.2, 0) is 21.2 Å². The number of amides is 1. The van der Waals surface area contributed by atoms with E-state index < -0.39 is 10.0 Å². The van der Waals surface area contributed by atoms with Crippen molar-refractivity contribution in [3.8, 4) is 0 Å². The zero-order chi connectivity index (χ0) is 21.0. The minimum absolute atomic E-state index is 0.130. The Balaban J connectivity index is 1.67. The SMILES string of the molecule is Cc1ccc(NS(=O)(=O)c2ccc(NC(=O)Cc3cc(C)ccc3C)cc2)cc1. The van der Waals surface area contributed by atoms with Gasteiger partial charge in [-0.25, -0.2) is 8.42 Å². The van der Waals surface area contributed by atoms with Crippen LogP contribution in [0.1, 0.15) is 22.3 Å². The molecular formula is C23H24N2O3S. The zero-order valence-electron chi connectivity index (χ0n) is 16.7. The first kappa shape index (κ1) is 20.6. The van der Waals surface area contributed by atoms with Crippen molar-refractivity contribution in [2.75, 3.05) is 10.0 Å². The van der Waals surface area contributed by atoms with E-state index >= 15 is 0 Å². The molecule has 1 amide bonds. The van der Waals surface area contributed by atoms with Gasteiger partial charge >= 0.3 is 0 Å². The number of carbonyl (C=O) groups is 1. The third-order valence-electron chi connectivity index (χ3n) is 4.61. The predicted molar refractivity (Wildman–Crippen MR) is 117 cm³/mol. The first-order valence-electron chi connectivity index (χ1n) is 9.28. The highest BCUT2D eigenvalue weighted by atomic mass is 32.2. The molecule has 3 rings (SSSR count). The van der Waals surface area contributed by atoms with Crippen molar-refractivity contribution in [1.29, 1.82) is 0 Å². The third-order valence-corrected chi connectivity index (χ3v) is 6.00. The third kappa shape index (κ3) is 5.45. The fourth-order valence-electron chi connectivity index (χ4n) is 2.92. The van der Waals surface area contributed by atoms with E-state index in [0.717, 1.165) is 22.3 Å². The van der Waals surface area contributed by atoms with Crippen LogP contribution in [0.25, 0.3) is 0 Å². The molecule has 3 aromatic carbocycles. The molecular weight excluding hydrogens is 384 g/mol. The fraction of sp³-hybridized carbons (Fsp3) is 0.174. The summed E-state index contributed by atoms with van der Waals surface area (Å²) in [6.07, 6.45) is 0.266. The van der Waals surface area contributed by atoms with Crippen LogP contribution in [0.15, 0.2) is 71.6 Å². The van der Waals surface area contributed by atoms with Crippen LogP contribution in [0, 0.1) is 20.8 Å². The lowest BCUT2D eigenvalue weighted by Gasteiger charge is -2.11. The van der Waals surface area contributed by atoms with Crippen molar-refractivity contribution >= 4 is 27.3 Å². The van der Waals surface area contributed by atoms with Gasteiger partial charge in [0.1, 0.15) is 0 Å². The van der Waals surface area contributed by atoms with Crippen molar-refractivity contribution in [3.05, 3.63) is 89.0 Å². The van der Waals surface area contributed by atoms with Gasteiger partial charge < -0.3 is 5.32 Å². The zero-order valence-corrected chi connectivity index (χ0v) is 17.5. The highest BCUT2D eigenvalue weighted by Crippen LogP contribution is 2.19. The molecule has 0 fully saturated rings. The molecule has 0 bridgehead atoms. The fourth-order valence-corrected chi connectivity index (χ4v) is 3.98. The van der Waals surface area contributed by atoms with E-state index in [4.69, 9.17) is 0 Å². The monoisotopic (exact) mass is 408 g/mol. The average Bonchev–Trinajstić information content (AvgIpc) is 2.67. The van der Waals surface area contributed by atoms with Gasteiger partial charge in [-0.05, 0) is 68.3 Å². The van der Waals surface area contributed by atoms with Gasteiger partial charge in [-0.15, -0.1) is 0 Å². The Bertz CT molecular complexity index is 1120. The molecule has 150 valence electrons. The van der Waals surface area contributed by atoms with Gasteiger partial charge in [-0.2, -0.15) is 0 Å². The van der Waals surface area contributed by atoms with E-state index in [1.54, 1.807) is 24.3 Å². The summed E-state index contributed by atoms with van der Waals surface area (Å²) in [4.78, 5) is 12.5. The summed E-state index contributed by atoms with van der Waals surface area (Å²) in [6, 6.07) is 19.3. The largest absolute Gasteiger partial charge is 0.326 e. The summed E-state index contributed by atoms with van der Waals surface area (Å²) in [5, 5.41) is 2.82. The Morgan fingerprint density at radius 1 is 0.793 bits per heavy atom. The van der Waals surface area contributed by atoms with Crippen LogP contribution in [-0.4, -0.2) is 14.3 Å². The van der Waals surface area contributed by atoms with Gasteiger partial charge in [0.15, 0.2) is 0 Å². The summed E-state index contributed by atoms with van der Waals surface area (Å²) in [7, 11) is -3.69. The molecule has 0 saturated carbocycles. The Hall–Kier alpha value is -3.12. The Morgan fingerprint density at radius 2 is 1.38 bits per heavy atom. The first-order valence-corrected chi connectivity index (χ1v) is 10.8. The Kier molecular flexibility index (Phi) is 6.03. The minimum atomic E-state index is -3.69. The van der Waals surface area contributed by atoms with E-state index in [1.165, 1.54) is 12.1 Å². The maximum absolute atomic E-state index is 12.5. The maximum Gasteiger partial charge on any atom is 0.261 e. The molecule has 0 saturated heterocycles. The second-order valence-electron chi connectivity index (χ2n) is 7.15. The van der Waals surface area contributed by atoms with Crippen molar-refractivity contribution < 1.29 is 13.2 Å². The van der Waals surface area contributed by atoms with E-state index in [0.29, 0.717) is 11.4 Å². The lowest BCUT2D eigenvalue weighted by molar-refractivity contribution is -0.115. The first-order chi connectivity index (χ1) is 13.7. The van der Waals surface area contributed by atoms with Gasteiger partial charge in [0.05, 0.1) is 11.3 Å². The van der Waals surface area contributed by atoms with E-state index in [1.807, 2.05) is 51.1 Å². The summed E-state index contributed by atoms with van der Waals surface area (Å²) >= 11 is 0. The van der Waals surface area contributed by atoms with Gasteiger partial charge in [-0.1, -0.05) is 41.5 Å². The van der Waals surface area contributed by atoms with Crippen LogP contribution in [0.4, 0.5) is 11.4 Å². The number of hydrogen-bond acceptors (Lipinski definition) is 3. The van der Waals surface area contributed by atoms with Crippen LogP contribution < -0.4 is 10.0 Å². The maximum atomic E-state index is 12.5. The molecule has 0 spiro atoms. The topological polar surface area (TPSA) is 75.3 Å². The molecule has 0 unspecified atom stereocenters. The molecule has 0 aliphatic heterocycles. The molecule has 0 heterocycles. The number of carbonyl (C=O) groups excluding carboxylic acids is 1. The van der Waals surface area contributed by atoms with E-state index in [-0.39, 0.29) is 17.2 Å². The number of rotatable bonds is 6. The summed E-state index contributed by atoms with van der Waals surface area (Å²) in [5.74, 6) is -0.146. The highest BCUT2D eigenvalue weighted by molar-refractivity contribution is 7.92. The number of hydrogen-bond donors (Lipinski definition) is 2. The van der Waals surface area contributed by atoms with Gasteiger partial charge in [0, 0.05) is 11.4 Å². The smallest absolute Gasteiger partial charge is 0.261 e. The second-order valence-corrected chi connectivity index (χ2v) is 8.83. The minimum Gasteiger partial charge on any atom is -0.326 e. The molecule has 29 heavy (non-hydrogen) atoms. The van der Waals surface area contributed by atoms with Crippen LogP contribution in [0.2, 0.25) is 0 Å². The number of aryl methyl sites for hydroxylation is 3. The summed E-state index contributed by atoms with van der Waals surface area (Å²) in [6.45, 7) is 5.90. The summed E-state index contributed by atoms with van der Waals surface area (Å²) in [5.41, 5.74) is 5.25. The number of anilines is 2. The van der Waals surface area contributed by atoms with Crippen LogP contribution >= 0.6 is 0 Å². The molecule has 2 N–H and O–H groups in total. The predicted octanol–water partition coefficient (Wildman–Crippen LogP) is 4.59. The highest BCUT2D eigenvalue weighted by Gasteiger charge is 2.14. The van der Waals surface area contributed by atoms with Gasteiger partial charge in [0.25, 0.3) is 10.0 Å². The molecule has 0 aliphatic rings. The Morgan fingerprint density at radius 3 is 2.03 bits per heavy atom. The van der Waals surface area contributed by atoms with Crippen LogP contribution in [0.5, 0.6) is 0 Å². The van der Waals surface area contributed by atoms with Crippen molar-refractivity contribution in [1.82, 2.24) is 0 Å². The van der Waals surface area contributed by atoms with Crippen molar-refractivity contribution in [2.24, 2.45) is 0 Å². The molecule has 6 heteroatoms. The molecule has 3 aromatic rings. The standard InChI is InChI=1S/C23H24N2O3S/c1-16-5-8-21(9-6-16)25-29(27,28)22-12-10-20(11-13-22)24-23(26)15-19-14-17(2)4-7-18(19)3/h4-14,25H,15H2,1-3H3,(H,24,26). The molecule has 5 nitrogen and oxygen atoms in total. The lowest BCUT2D eigenvalue weighted by atomic mass is 10.0. The second kappa shape index (κ2) is 8.49.